The molecule has 0 saturated carbocycles. The van der Waals surface area contributed by atoms with Gasteiger partial charge in [0.1, 0.15) is 17.7 Å². The number of H-pyrrole nitrogens is 1. The van der Waals surface area contributed by atoms with Crippen LogP contribution in [0.15, 0.2) is 36.9 Å². The molecular formula is C13H7F2N7. The van der Waals surface area contributed by atoms with Crippen molar-refractivity contribution in [1.29, 1.82) is 0 Å². The first kappa shape index (κ1) is 12.5. The third kappa shape index (κ3) is 1.75. The molecule has 0 atom stereocenters. The summed E-state index contributed by atoms with van der Waals surface area (Å²) in [5.74, 6) is -1.74. The highest BCUT2D eigenvalue weighted by atomic mass is 19.2. The highest BCUT2D eigenvalue weighted by Gasteiger charge is 2.19. The molecular weight excluding hydrogens is 292 g/mol. The van der Waals surface area contributed by atoms with Crippen molar-refractivity contribution in [1.82, 2.24) is 35.2 Å². The molecule has 7 nitrogen and oxygen atoms in total. The summed E-state index contributed by atoms with van der Waals surface area (Å²) < 4.78 is 28.5. The Balaban J connectivity index is 1.96. The van der Waals surface area contributed by atoms with Gasteiger partial charge in [0.05, 0.1) is 0 Å². The van der Waals surface area contributed by atoms with Crippen LogP contribution in [0.4, 0.5) is 8.78 Å². The van der Waals surface area contributed by atoms with Gasteiger partial charge in [0.25, 0.3) is 0 Å². The molecule has 108 valence electrons. The van der Waals surface area contributed by atoms with Crippen molar-refractivity contribution in [3.63, 3.8) is 0 Å². The number of aromatic nitrogens is 7. The van der Waals surface area contributed by atoms with Gasteiger partial charge in [0.15, 0.2) is 17.5 Å². The minimum absolute atomic E-state index is 0.0776. The van der Waals surface area contributed by atoms with E-state index in [0.29, 0.717) is 16.6 Å². The molecule has 0 spiro atoms. The average Bonchev–Trinajstić information content (AvgIpc) is 3.16. The molecule has 1 aromatic carbocycles. The Labute approximate surface area is 121 Å². The van der Waals surface area contributed by atoms with E-state index in [1.54, 1.807) is 12.4 Å². The normalized spacial score (nSPS) is 11.2. The van der Waals surface area contributed by atoms with Gasteiger partial charge in [-0.25, -0.2) is 18.7 Å². The number of nitrogens with zero attached hydrogens (tertiary/aromatic N) is 6. The van der Waals surface area contributed by atoms with E-state index in [1.165, 1.54) is 18.5 Å². The third-order valence-electron chi connectivity index (χ3n) is 3.23. The topological polar surface area (TPSA) is 85.2 Å². The molecule has 0 aliphatic rings. The second-order valence-electron chi connectivity index (χ2n) is 4.47. The fourth-order valence-electron chi connectivity index (χ4n) is 2.22. The number of hydrogen-bond acceptors (Lipinski definition) is 5. The highest BCUT2D eigenvalue weighted by Crippen LogP contribution is 2.27. The molecule has 0 saturated heterocycles. The summed E-state index contributed by atoms with van der Waals surface area (Å²) in [6.07, 6.45) is 4.63. The maximum absolute atomic E-state index is 14.0. The monoisotopic (exact) mass is 299 g/mol. The molecule has 0 bridgehead atoms. The quantitative estimate of drug-likeness (QED) is 0.611. The van der Waals surface area contributed by atoms with Crippen molar-refractivity contribution in [2.75, 3.05) is 0 Å². The van der Waals surface area contributed by atoms with Crippen molar-refractivity contribution in [2.24, 2.45) is 0 Å². The first-order valence-corrected chi connectivity index (χ1v) is 6.26. The average molecular weight is 299 g/mol. The van der Waals surface area contributed by atoms with Crippen LogP contribution in [0.25, 0.3) is 28.1 Å². The van der Waals surface area contributed by atoms with Crippen LogP contribution in [-0.4, -0.2) is 35.2 Å². The van der Waals surface area contributed by atoms with E-state index < -0.39 is 11.6 Å². The van der Waals surface area contributed by atoms with E-state index in [0.717, 1.165) is 10.7 Å². The van der Waals surface area contributed by atoms with Gasteiger partial charge in [-0.3, -0.25) is 0 Å². The van der Waals surface area contributed by atoms with Crippen LogP contribution < -0.4 is 0 Å². The molecule has 9 heteroatoms. The number of tetrazole rings is 1. The zero-order valence-corrected chi connectivity index (χ0v) is 10.9. The number of benzene rings is 1. The number of halogens is 2. The predicted octanol–water partition coefficient (Wildman–Crippen LogP) is 1.88. The van der Waals surface area contributed by atoms with Gasteiger partial charge in [-0.05, 0) is 22.6 Å². The molecule has 0 aliphatic heterocycles. The number of hydrogen-bond donors (Lipinski definition) is 1. The Bertz CT molecular complexity index is 975. The summed E-state index contributed by atoms with van der Waals surface area (Å²) in [6, 6.07) is 3.81. The van der Waals surface area contributed by atoms with E-state index >= 15 is 0 Å². The lowest BCUT2D eigenvalue weighted by Gasteiger charge is -2.05. The number of rotatable bonds is 2. The fourth-order valence-corrected chi connectivity index (χ4v) is 2.22. The van der Waals surface area contributed by atoms with E-state index in [1.807, 2.05) is 0 Å². The molecule has 3 heterocycles. The second kappa shape index (κ2) is 4.65. The minimum Gasteiger partial charge on any atom is -0.345 e. The lowest BCUT2D eigenvalue weighted by molar-refractivity contribution is 0.501. The van der Waals surface area contributed by atoms with E-state index in [9.17, 15) is 8.78 Å². The van der Waals surface area contributed by atoms with Crippen molar-refractivity contribution in [2.45, 2.75) is 0 Å². The maximum Gasteiger partial charge on any atom is 0.189 e. The first-order valence-electron chi connectivity index (χ1n) is 6.26. The number of fused-ring (bicyclic) bond motifs is 1. The largest absolute Gasteiger partial charge is 0.345 e. The smallest absolute Gasteiger partial charge is 0.189 e. The zero-order chi connectivity index (χ0) is 15.1. The summed E-state index contributed by atoms with van der Waals surface area (Å²) >= 11 is 0. The van der Waals surface area contributed by atoms with Gasteiger partial charge < -0.3 is 4.98 Å². The van der Waals surface area contributed by atoms with Crippen LogP contribution >= 0.6 is 0 Å². The number of aromatic amines is 1. The maximum atomic E-state index is 14.0. The van der Waals surface area contributed by atoms with Crippen molar-refractivity contribution >= 4 is 11.0 Å². The Hall–Kier alpha value is -3.23. The van der Waals surface area contributed by atoms with Gasteiger partial charge in [-0.15, -0.1) is 5.10 Å². The summed E-state index contributed by atoms with van der Waals surface area (Å²) in [5, 5.41) is 11.9. The van der Waals surface area contributed by atoms with Gasteiger partial charge >= 0.3 is 0 Å². The van der Waals surface area contributed by atoms with Crippen molar-refractivity contribution < 1.29 is 8.78 Å². The Morgan fingerprint density at radius 2 is 2.09 bits per heavy atom. The lowest BCUT2D eigenvalue weighted by Crippen LogP contribution is -2.04. The molecule has 0 unspecified atom stereocenters. The zero-order valence-electron chi connectivity index (χ0n) is 10.9. The summed E-state index contributed by atoms with van der Waals surface area (Å²) in [6.45, 7) is 0. The van der Waals surface area contributed by atoms with E-state index in [4.69, 9.17) is 0 Å². The molecule has 4 aromatic rings. The van der Waals surface area contributed by atoms with Gasteiger partial charge in [0.2, 0.25) is 0 Å². The van der Waals surface area contributed by atoms with Gasteiger partial charge in [-0.1, -0.05) is 6.07 Å². The Morgan fingerprint density at radius 1 is 1.18 bits per heavy atom. The fraction of sp³-hybridized carbons (Fsp3) is 0. The highest BCUT2D eigenvalue weighted by molar-refractivity contribution is 5.91. The predicted molar refractivity (Wildman–Crippen MR) is 72.0 cm³/mol. The molecule has 0 fully saturated rings. The lowest BCUT2D eigenvalue weighted by atomic mass is 10.2. The summed E-state index contributed by atoms with van der Waals surface area (Å²) in [7, 11) is 0. The van der Waals surface area contributed by atoms with Crippen molar-refractivity contribution in [3.05, 3.63) is 48.6 Å². The molecule has 3 aromatic heterocycles. The molecule has 22 heavy (non-hydrogen) atoms. The van der Waals surface area contributed by atoms with Crippen LogP contribution in [-0.2, 0) is 0 Å². The SMILES string of the molecule is Fc1cccc(-n2nnnc2-c2c[nH]c3ncncc23)c1F. The standard InChI is InChI=1S/C13H7F2N7/c14-9-2-1-3-10(11(9)15)22-13(19-20-21-22)8-5-17-12-7(8)4-16-6-18-12/h1-6H,(H,16,17,18). The van der Waals surface area contributed by atoms with Crippen LogP contribution in [0.2, 0.25) is 0 Å². The van der Waals surface area contributed by atoms with E-state index in [2.05, 4.69) is 30.5 Å². The molecule has 0 aliphatic carbocycles. The van der Waals surface area contributed by atoms with E-state index in [-0.39, 0.29) is 11.5 Å². The molecule has 4 rings (SSSR count). The summed E-state index contributed by atoms with van der Waals surface area (Å²) in [5.41, 5.74) is 1.11. The van der Waals surface area contributed by atoms with Crippen LogP contribution in [0, 0.1) is 11.6 Å². The molecule has 1 N–H and O–H groups in total. The first-order chi connectivity index (χ1) is 10.8. The van der Waals surface area contributed by atoms with Crippen LogP contribution in [0.1, 0.15) is 0 Å². The summed E-state index contributed by atoms with van der Waals surface area (Å²) in [4.78, 5) is 11.0. The third-order valence-corrected chi connectivity index (χ3v) is 3.23. The minimum atomic E-state index is -1.02. The number of nitrogens with one attached hydrogen (secondary N) is 1. The Kier molecular flexibility index (Phi) is 2.65. The van der Waals surface area contributed by atoms with Crippen LogP contribution in [0.3, 0.4) is 0 Å². The van der Waals surface area contributed by atoms with Crippen molar-refractivity contribution in [3.8, 4) is 17.1 Å². The Morgan fingerprint density at radius 3 is 3.00 bits per heavy atom. The molecule has 0 amide bonds. The van der Waals surface area contributed by atoms with Gasteiger partial charge in [0, 0.05) is 23.3 Å². The second-order valence-corrected chi connectivity index (χ2v) is 4.47. The van der Waals surface area contributed by atoms with Crippen LogP contribution in [0.5, 0.6) is 0 Å². The van der Waals surface area contributed by atoms with Gasteiger partial charge in [-0.2, -0.15) is 4.68 Å². The molecule has 0 radical (unpaired) electrons.